The van der Waals surface area contributed by atoms with Crippen molar-refractivity contribution in [3.8, 4) is 0 Å². The second kappa shape index (κ2) is 3.47. The van der Waals surface area contributed by atoms with Gasteiger partial charge in [0.15, 0.2) is 0 Å². The van der Waals surface area contributed by atoms with Gasteiger partial charge in [-0.25, -0.2) is 13.1 Å². The number of hydrogen-bond acceptors (Lipinski definition) is 3. The Morgan fingerprint density at radius 3 is 2.46 bits per heavy atom. The van der Waals surface area contributed by atoms with E-state index < -0.39 is 10.0 Å². The molecule has 0 unspecified atom stereocenters. The molecule has 1 aromatic heterocycles. The van der Waals surface area contributed by atoms with Crippen LogP contribution in [0, 0.1) is 13.8 Å². The number of rotatable bonds is 3. The van der Waals surface area contributed by atoms with Crippen molar-refractivity contribution in [1.29, 1.82) is 0 Å². The predicted octanol–water partition coefficient (Wildman–Crippen LogP) is 0.0757. The summed E-state index contributed by atoms with van der Waals surface area (Å²) in [7, 11) is -3.13. The molecule has 0 bridgehead atoms. The molecule has 0 radical (unpaired) electrons. The van der Waals surface area contributed by atoms with E-state index in [0.717, 1.165) is 23.2 Å². The second-order valence-electron chi connectivity index (χ2n) is 3.01. The van der Waals surface area contributed by atoms with Gasteiger partial charge in [-0.3, -0.25) is 5.10 Å². The third kappa shape index (κ3) is 2.82. The van der Waals surface area contributed by atoms with Crippen LogP contribution in [0.5, 0.6) is 0 Å². The van der Waals surface area contributed by atoms with Crippen molar-refractivity contribution in [2.45, 2.75) is 20.4 Å². The zero-order valence-corrected chi connectivity index (χ0v) is 8.70. The molecule has 6 heteroatoms. The molecule has 2 N–H and O–H groups in total. The quantitative estimate of drug-likeness (QED) is 0.730. The van der Waals surface area contributed by atoms with Crippen molar-refractivity contribution < 1.29 is 8.42 Å². The lowest BCUT2D eigenvalue weighted by atomic mass is 10.2. The Morgan fingerprint density at radius 2 is 2.08 bits per heavy atom. The molecule has 1 aromatic rings. The summed E-state index contributed by atoms with van der Waals surface area (Å²) in [6.45, 7) is 4.00. The number of H-pyrrole nitrogens is 1. The monoisotopic (exact) mass is 203 g/mol. The smallest absolute Gasteiger partial charge is 0.209 e. The Labute approximate surface area is 77.6 Å². The number of nitrogens with one attached hydrogen (secondary N) is 2. The van der Waals surface area contributed by atoms with E-state index in [2.05, 4.69) is 14.9 Å². The average molecular weight is 203 g/mol. The Morgan fingerprint density at radius 1 is 1.46 bits per heavy atom. The first kappa shape index (κ1) is 10.2. The Balaban J connectivity index is 2.75. The van der Waals surface area contributed by atoms with E-state index in [1.165, 1.54) is 0 Å². The maximum atomic E-state index is 10.8. The maximum absolute atomic E-state index is 10.8. The third-order valence-electron chi connectivity index (χ3n) is 1.79. The lowest BCUT2D eigenvalue weighted by molar-refractivity contribution is 0.587. The molecule has 0 aliphatic heterocycles. The number of hydrogen-bond donors (Lipinski definition) is 2. The molecule has 0 amide bonds. The highest BCUT2D eigenvalue weighted by atomic mass is 32.2. The molecule has 13 heavy (non-hydrogen) atoms. The average Bonchev–Trinajstić information content (AvgIpc) is 2.27. The minimum atomic E-state index is -3.13. The van der Waals surface area contributed by atoms with Gasteiger partial charge in [-0.1, -0.05) is 0 Å². The minimum absolute atomic E-state index is 0.299. The summed E-state index contributed by atoms with van der Waals surface area (Å²) in [5.41, 5.74) is 2.63. The lowest BCUT2D eigenvalue weighted by Gasteiger charge is -2.01. The lowest BCUT2D eigenvalue weighted by Crippen LogP contribution is -2.21. The highest BCUT2D eigenvalue weighted by Crippen LogP contribution is 2.08. The number of aromatic nitrogens is 2. The molecular weight excluding hydrogens is 190 g/mol. The van der Waals surface area contributed by atoms with Crippen molar-refractivity contribution in [1.82, 2.24) is 14.9 Å². The van der Waals surface area contributed by atoms with E-state index in [-0.39, 0.29) is 0 Å². The van der Waals surface area contributed by atoms with Crippen molar-refractivity contribution in [3.63, 3.8) is 0 Å². The molecule has 74 valence electrons. The van der Waals surface area contributed by atoms with Gasteiger partial charge in [-0.05, 0) is 13.8 Å². The van der Waals surface area contributed by atoms with Crippen molar-refractivity contribution in [3.05, 3.63) is 17.0 Å². The summed E-state index contributed by atoms with van der Waals surface area (Å²) >= 11 is 0. The molecule has 0 atom stereocenters. The predicted molar refractivity (Wildman–Crippen MR) is 49.7 cm³/mol. The van der Waals surface area contributed by atoms with Crippen LogP contribution < -0.4 is 4.72 Å². The zero-order valence-electron chi connectivity index (χ0n) is 7.88. The Kier molecular flexibility index (Phi) is 2.72. The van der Waals surface area contributed by atoms with E-state index in [9.17, 15) is 8.42 Å². The fourth-order valence-electron chi connectivity index (χ4n) is 1.04. The van der Waals surface area contributed by atoms with Gasteiger partial charge in [0.2, 0.25) is 10.0 Å². The minimum Gasteiger partial charge on any atom is -0.282 e. The van der Waals surface area contributed by atoms with E-state index in [0.29, 0.717) is 6.54 Å². The van der Waals surface area contributed by atoms with Crippen molar-refractivity contribution in [2.75, 3.05) is 6.26 Å². The van der Waals surface area contributed by atoms with Gasteiger partial charge < -0.3 is 0 Å². The first-order valence-electron chi connectivity index (χ1n) is 3.85. The highest BCUT2D eigenvalue weighted by molar-refractivity contribution is 7.88. The van der Waals surface area contributed by atoms with Crippen molar-refractivity contribution in [2.24, 2.45) is 0 Å². The van der Waals surface area contributed by atoms with Gasteiger partial charge in [-0.15, -0.1) is 0 Å². The SMILES string of the molecule is Cc1n[nH]c(C)c1CNS(C)(=O)=O. The molecule has 0 aromatic carbocycles. The van der Waals surface area contributed by atoms with E-state index in [4.69, 9.17) is 0 Å². The second-order valence-corrected chi connectivity index (χ2v) is 4.84. The standard InChI is InChI=1S/C7H13N3O2S/c1-5-7(6(2)10-9-5)4-8-13(3,11)12/h8H,4H2,1-3H3,(H,9,10). The number of aromatic amines is 1. The van der Waals surface area contributed by atoms with Crippen LogP contribution in [0.25, 0.3) is 0 Å². The van der Waals surface area contributed by atoms with Gasteiger partial charge in [-0.2, -0.15) is 5.10 Å². The first-order valence-corrected chi connectivity index (χ1v) is 5.74. The molecule has 0 aliphatic carbocycles. The van der Waals surface area contributed by atoms with Crippen LogP contribution in [0.1, 0.15) is 17.0 Å². The summed E-state index contributed by atoms with van der Waals surface area (Å²) < 4.78 is 24.0. The summed E-state index contributed by atoms with van der Waals surface area (Å²) in [6, 6.07) is 0. The third-order valence-corrected chi connectivity index (χ3v) is 2.46. The summed E-state index contributed by atoms with van der Waals surface area (Å²) in [5, 5.41) is 6.75. The molecule has 0 saturated carbocycles. The molecule has 0 fully saturated rings. The largest absolute Gasteiger partial charge is 0.282 e. The van der Waals surface area contributed by atoms with Gasteiger partial charge in [0.25, 0.3) is 0 Å². The van der Waals surface area contributed by atoms with E-state index >= 15 is 0 Å². The molecule has 0 spiro atoms. The zero-order chi connectivity index (χ0) is 10.1. The first-order chi connectivity index (χ1) is 5.90. The summed E-state index contributed by atoms with van der Waals surface area (Å²) in [6.07, 6.45) is 1.14. The molecular formula is C7H13N3O2S. The molecule has 0 saturated heterocycles. The summed E-state index contributed by atoms with van der Waals surface area (Å²) in [5.74, 6) is 0. The fourth-order valence-corrected chi connectivity index (χ4v) is 1.44. The van der Waals surface area contributed by atoms with Gasteiger partial charge >= 0.3 is 0 Å². The van der Waals surface area contributed by atoms with E-state index in [1.807, 2.05) is 13.8 Å². The number of aryl methyl sites for hydroxylation is 2. The van der Waals surface area contributed by atoms with Crippen molar-refractivity contribution >= 4 is 10.0 Å². The van der Waals surface area contributed by atoms with Crippen LogP contribution >= 0.6 is 0 Å². The fraction of sp³-hybridized carbons (Fsp3) is 0.571. The highest BCUT2D eigenvalue weighted by Gasteiger charge is 2.08. The van der Waals surface area contributed by atoms with Gasteiger partial charge in [0, 0.05) is 17.8 Å². The molecule has 1 heterocycles. The van der Waals surface area contributed by atoms with Crippen LogP contribution in [0.15, 0.2) is 0 Å². The summed E-state index contributed by atoms with van der Waals surface area (Å²) in [4.78, 5) is 0. The number of sulfonamides is 1. The normalized spacial score (nSPS) is 11.9. The van der Waals surface area contributed by atoms with Crippen LogP contribution in [0.2, 0.25) is 0 Å². The topological polar surface area (TPSA) is 74.8 Å². The van der Waals surface area contributed by atoms with Crippen LogP contribution in [-0.2, 0) is 16.6 Å². The van der Waals surface area contributed by atoms with Gasteiger partial charge in [0.1, 0.15) is 0 Å². The van der Waals surface area contributed by atoms with Crippen LogP contribution in [-0.4, -0.2) is 24.9 Å². The Hall–Kier alpha value is -0.880. The Bertz CT molecular complexity index is 374. The van der Waals surface area contributed by atoms with E-state index in [1.54, 1.807) is 0 Å². The van der Waals surface area contributed by atoms with Crippen LogP contribution in [0.4, 0.5) is 0 Å². The number of nitrogens with zero attached hydrogens (tertiary/aromatic N) is 1. The molecule has 5 nitrogen and oxygen atoms in total. The van der Waals surface area contributed by atoms with Gasteiger partial charge in [0.05, 0.1) is 11.9 Å². The molecule has 1 rings (SSSR count). The van der Waals surface area contributed by atoms with Crippen LogP contribution in [0.3, 0.4) is 0 Å². The molecule has 0 aliphatic rings. The maximum Gasteiger partial charge on any atom is 0.209 e.